The molecule has 2 rings (SSSR count). The molecule has 4 radical (unpaired) electrons. The third-order valence-corrected chi connectivity index (χ3v) is 4.96. The molecule has 2 aromatic rings. The monoisotopic (exact) mass is 432 g/mol. The van der Waals surface area contributed by atoms with Crippen molar-refractivity contribution in [2.75, 3.05) is 6.26 Å². The number of thioether (sulfide) groups is 1. The minimum atomic E-state index is -1.29. The quantitative estimate of drug-likeness (QED) is 0.221. The number of hydrogen-bond donors (Lipinski definition) is 0. The molecule has 0 N–H and O–H groups in total. The Morgan fingerprint density at radius 2 is 1.52 bits per heavy atom. The van der Waals surface area contributed by atoms with Crippen molar-refractivity contribution in [1.29, 1.82) is 0 Å². The van der Waals surface area contributed by atoms with Crippen molar-refractivity contribution >= 4 is 56.2 Å². The fourth-order valence-electron chi connectivity index (χ4n) is 2.63. The zero-order valence-corrected chi connectivity index (χ0v) is 19.6. The average molecular weight is 432 g/mol. The third kappa shape index (κ3) is 7.06. The Morgan fingerprint density at radius 3 is 2.00 bits per heavy atom. The number of benzene rings is 2. The number of carbonyl (C=O) groups is 2. The van der Waals surface area contributed by atoms with Crippen LogP contribution in [0, 0.1) is 0 Å². The van der Waals surface area contributed by atoms with Crippen molar-refractivity contribution in [3.05, 3.63) is 53.6 Å². The second-order valence-corrected chi connectivity index (χ2v) is 9.45. The molecule has 2 aromatic carbocycles. The van der Waals surface area contributed by atoms with E-state index in [1.807, 2.05) is 18.4 Å². The molecule has 0 heterocycles. The van der Waals surface area contributed by atoms with Gasteiger partial charge in [-0.2, -0.15) is 0 Å². The van der Waals surface area contributed by atoms with Crippen LogP contribution in [0.1, 0.15) is 50.5 Å². The van der Waals surface area contributed by atoms with Gasteiger partial charge in [0.15, 0.2) is 11.4 Å². The maximum Gasteiger partial charge on any atom is 0.350 e. The zero-order chi connectivity index (χ0) is 23.4. The molecule has 0 amide bonds. The Balaban J connectivity index is 2.18. The van der Waals surface area contributed by atoms with E-state index >= 15 is 0 Å². The van der Waals surface area contributed by atoms with Crippen molar-refractivity contribution in [1.82, 2.24) is 0 Å². The summed E-state index contributed by atoms with van der Waals surface area (Å²) in [5.41, 5.74) is -0.182. The number of ether oxygens (including phenoxy) is 2. The van der Waals surface area contributed by atoms with Gasteiger partial charge < -0.3 is 9.47 Å². The summed E-state index contributed by atoms with van der Waals surface area (Å²) in [6.45, 7) is 8.53. The van der Waals surface area contributed by atoms with E-state index in [1.54, 1.807) is 76.7 Å². The SMILES string of the molecule is [B]c1cc(/C=C/C(=O)c2ccc(SC)cc2)cc([B])c1OC(C)(C)C(=O)OC(C)(C)C. The summed E-state index contributed by atoms with van der Waals surface area (Å²) in [6, 6.07) is 10.7. The first kappa shape index (κ1) is 24.9. The first-order chi connectivity index (χ1) is 14.3. The highest BCUT2D eigenvalue weighted by Gasteiger charge is 2.35. The fraction of sp³-hybridized carbons (Fsp3) is 0.333. The summed E-state index contributed by atoms with van der Waals surface area (Å²) >= 11 is 1.61. The van der Waals surface area contributed by atoms with Gasteiger partial charge in [0, 0.05) is 10.5 Å². The zero-order valence-electron chi connectivity index (χ0n) is 18.8. The summed E-state index contributed by atoms with van der Waals surface area (Å²) in [7, 11) is 12.3. The molecular weight excluding hydrogens is 406 g/mol. The molecule has 158 valence electrons. The van der Waals surface area contributed by atoms with Crippen LogP contribution in [0.4, 0.5) is 0 Å². The minimum absolute atomic E-state index is 0.129. The molecular formula is C24H26B2O4S. The van der Waals surface area contributed by atoms with Crippen LogP contribution >= 0.6 is 11.8 Å². The van der Waals surface area contributed by atoms with Gasteiger partial charge >= 0.3 is 5.97 Å². The lowest BCUT2D eigenvalue weighted by Crippen LogP contribution is -2.45. The summed E-state index contributed by atoms with van der Waals surface area (Å²) in [5.74, 6) is -0.455. The smallest absolute Gasteiger partial charge is 0.350 e. The number of allylic oxidation sites excluding steroid dienone is 1. The van der Waals surface area contributed by atoms with Gasteiger partial charge in [0.2, 0.25) is 0 Å². The average Bonchev–Trinajstić information content (AvgIpc) is 2.67. The van der Waals surface area contributed by atoms with Crippen molar-refractivity contribution in [3.8, 4) is 5.75 Å². The van der Waals surface area contributed by atoms with Crippen molar-refractivity contribution < 1.29 is 19.1 Å². The molecule has 4 nitrogen and oxygen atoms in total. The van der Waals surface area contributed by atoms with E-state index in [9.17, 15) is 9.59 Å². The first-order valence-electron chi connectivity index (χ1n) is 9.80. The Morgan fingerprint density at radius 1 is 0.968 bits per heavy atom. The van der Waals surface area contributed by atoms with Crippen LogP contribution < -0.4 is 15.7 Å². The number of carbonyl (C=O) groups excluding carboxylic acids is 2. The number of hydrogen-bond acceptors (Lipinski definition) is 5. The maximum atomic E-state index is 12.4. The third-order valence-electron chi connectivity index (χ3n) is 4.22. The van der Waals surface area contributed by atoms with Crippen LogP contribution in [0.15, 0.2) is 47.4 Å². The van der Waals surface area contributed by atoms with Crippen LogP contribution in [0.25, 0.3) is 6.08 Å². The molecule has 0 spiro atoms. The highest BCUT2D eigenvalue weighted by Crippen LogP contribution is 2.20. The molecule has 31 heavy (non-hydrogen) atoms. The summed E-state index contributed by atoms with van der Waals surface area (Å²) in [6.07, 6.45) is 5.08. The van der Waals surface area contributed by atoms with Gasteiger partial charge in [0.25, 0.3) is 0 Å². The normalized spacial score (nSPS) is 12.1. The van der Waals surface area contributed by atoms with E-state index < -0.39 is 17.2 Å². The number of rotatable bonds is 7. The fourth-order valence-corrected chi connectivity index (χ4v) is 3.04. The van der Waals surface area contributed by atoms with Gasteiger partial charge in [-0.1, -0.05) is 29.1 Å². The molecule has 0 saturated heterocycles. The van der Waals surface area contributed by atoms with Crippen molar-refractivity contribution in [2.45, 2.75) is 50.7 Å². The van der Waals surface area contributed by atoms with E-state index in [-0.39, 0.29) is 22.5 Å². The Kier molecular flexibility index (Phi) is 7.87. The number of esters is 1. The van der Waals surface area contributed by atoms with Gasteiger partial charge in [0.05, 0.1) is 0 Å². The lowest BCUT2D eigenvalue weighted by Gasteiger charge is -2.30. The van der Waals surface area contributed by atoms with Crippen LogP contribution in [0.5, 0.6) is 5.75 Å². The van der Waals surface area contributed by atoms with E-state index in [4.69, 9.17) is 25.2 Å². The standard InChI is InChI=1S/C24H26B2O4S/c1-23(2,3)30-22(28)24(4,5)29-21-18(25)13-15(14-19(21)26)7-12-20(27)16-8-10-17(31-6)11-9-16/h7-14H,1-6H3/b12-7+. The molecule has 7 heteroatoms. The van der Waals surface area contributed by atoms with Crippen molar-refractivity contribution in [3.63, 3.8) is 0 Å². The summed E-state index contributed by atoms with van der Waals surface area (Å²) < 4.78 is 11.2. The van der Waals surface area contributed by atoms with E-state index in [0.717, 1.165) is 4.90 Å². The molecule has 0 fully saturated rings. The maximum absolute atomic E-state index is 12.4. The van der Waals surface area contributed by atoms with Gasteiger partial charge in [0.1, 0.15) is 27.0 Å². The molecule has 0 aliphatic rings. The lowest BCUT2D eigenvalue weighted by atomic mass is 9.83. The van der Waals surface area contributed by atoms with Gasteiger partial charge in [-0.05, 0) is 76.8 Å². The highest BCUT2D eigenvalue weighted by atomic mass is 32.2. The van der Waals surface area contributed by atoms with Crippen LogP contribution in [0.3, 0.4) is 0 Å². The predicted molar refractivity (Wildman–Crippen MR) is 129 cm³/mol. The largest absolute Gasteiger partial charge is 0.477 e. The summed E-state index contributed by atoms with van der Waals surface area (Å²) in [5, 5.41) is 0. The number of ketones is 1. The minimum Gasteiger partial charge on any atom is -0.477 e. The van der Waals surface area contributed by atoms with E-state index in [0.29, 0.717) is 11.1 Å². The van der Waals surface area contributed by atoms with Crippen molar-refractivity contribution in [2.24, 2.45) is 0 Å². The Labute approximate surface area is 191 Å². The van der Waals surface area contributed by atoms with Gasteiger partial charge in [-0.25, -0.2) is 4.79 Å². The van der Waals surface area contributed by atoms with Gasteiger partial charge in [-0.15, -0.1) is 11.8 Å². The molecule has 0 bridgehead atoms. The lowest BCUT2D eigenvalue weighted by molar-refractivity contribution is -0.170. The molecule has 0 saturated carbocycles. The molecule has 0 atom stereocenters. The van der Waals surface area contributed by atoms with Crippen LogP contribution in [-0.4, -0.2) is 44.9 Å². The molecule has 0 aliphatic carbocycles. The summed E-state index contributed by atoms with van der Waals surface area (Å²) in [4.78, 5) is 25.9. The molecule has 0 aliphatic heterocycles. The molecule has 0 unspecified atom stereocenters. The topological polar surface area (TPSA) is 52.6 Å². The van der Waals surface area contributed by atoms with E-state index in [2.05, 4.69) is 0 Å². The predicted octanol–water partition coefficient (Wildman–Crippen LogP) is 3.39. The van der Waals surface area contributed by atoms with Crippen LogP contribution in [0.2, 0.25) is 0 Å². The molecule has 0 aromatic heterocycles. The second-order valence-electron chi connectivity index (χ2n) is 8.57. The van der Waals surface area contributed by atoms with Gasteiger partial charge in [-0.3, -0.25) is 4.79 Å². The van der Waals surface area contributed by atoms with Crippen LogP contribution in [-0.2, 0) is 9.53 Å². The Hall–Kier alpha value is -2.40. The first-order valence-corrected chi connectivity index (χ1v) is 11.0. The second kappa shape index (κ2) is 9.82. The van der Waals surface area contributed by atoms with E-state index in [1.165, 1.54) is 6.08 Å². The highest BCUT2D eigenvalue weighted by molar-refractivity contribution is 7.98. The Bertz CT molecular complexity index is 967.